The Kier molecular flexibility index (Phi) is 5.54. The number of hydrogen-bond acceptors (Lipinski definition) is 2. The normalized spacial score (nSPS) is 14.1. The van der Waals surface area contributed by atoms with E-state index in [1.807, 2.05) is 0 Å². The quantitative estimate of drug-likeness (QED) is 0.843. The Morgan fingerprint density at radius 1 is 0.952 bits per heavy atom. The van der Waals surface area contributed by atoms with E-state index in [4.69, 9.17) is 5.73 Å². The number of likely N-dealkylation sites (N-methyl/N-ethyl adjacent to an activating group) is 1. The summed E-state index contributed by atoms with van der Waals surface area (Å²) in [6, 6.07) is 21.2. The first-order valence-electron chi connectivity index (χ1n) is 7.70. The molecule has 0 aromatic heterocycles. The minimum Gasteiger partial charge on any atom is -0.330 e. The Bertz CT molecular complexity index is 524. The van der Waals surface area contributed by atoms with Crippen molar-refractivity contribution >= 4 is 0 Å². The summed E-state index contributed by atoms with van der Waals surface area (Å²) in [5.41, 5.74) is 8.77. The van der Waals surface area contributed by atoms with E-state index in [1.54, 1.807) is 0 Å². The van der Waals surface area contributed by atoms with E-state index in [2.05, 4.69) is 79.4 Å². The number of hydrogen-bond donors (Lipinski definition) is 1. The molecule has 0 saturated heterocycles. The van der Waals surface area contributed by atoms with Gasteiger partial charge in [0.25, 0.3) is 0 Å². The summed E-state index contributed by atoms with van der Waals surface area (Å²) in [6.07, 6.45) is 0. The molecular formula is C19H26N2. The third-order valence-electron chi connectivity index (χ3n) is 4.19. The van der Waals surface area contributed by atoms with E-state index >= 15 is 0 Å². The summed E-state index contributed by atoms with van der Waals surface area (Å²) >= 11 is 0. The molecule has 2 rings (SSSR count). The predicted octanol–water partition coefficient (Wildman–Crippen LogP) is 3.43. The second kappa shape index (κ2) is 7.39. The monoisotopic (exact) mass is 282 g/mol. The van der Waals surface area contributed by atoms with Crippen LogP contribution < -0.4 is 5.73 Å². The van der Waals surface area contributed by atoms with Gasteiger partial charge in [-0.05, 0) is 17.7 Å². The third kappa shape index (κ3) is 4.16. The molecule has 0 saturated carbocycles. The van der Waals surface area contributed by atoms with Crippen molar-refractivity contribution in [2.75, 3.05) is 19.6 Å². The van der Waals surface area contributed by atoms with E-state index in [0.29, 0.717) is 6.54 Å². The van der Waals surface area contributed by atoms with Crippen LogP contribution in [0, 0.1) is 0 Å². The van der Waals surface area contributed by atoms with Crippen molar-refractivity contribution < 1.29 is 0 Å². The molecular weight excluding hydrogens is 256 g/mol. The smallest absolute Gasteiger partial charge is 0.0233 e. The Labute approximate surface area is 128 Å². The first kappa shape index (κ1) is 15.7. The van der Waals surface area contributed by atoms with Crippen molar-refractivity contribution in [3.05, 3.63) is 71.8 Å². The van der Waals surface area contributed by atoms with Crippen LogP contribution in [0.5, 0.6) is 0 Å². The van der Waals surface area contributed by atoms with Crippen LogP contribution in [-0.4, -0.2) is 24.5 Å². The van der Waals surface area contributed by atoms with E-state index < -0.39 is 0 Å². The average molecular weight is 282 g/mol. The Balaban J connectivity index is 2.12. The van der Waals surface area contributed by atoms with Crippen LogP contribution in [0.1, 0.15) is 25.0 Å². The lowest BCUT2D eigenvalue weighted by Crippen LogP contribution is -2.43. The summed E-state index contributed by atoms with van der Waals surface area (Å²) in [5.74, 6) is 0. The maximum Gasteiger partial charge on any atom is 0.0233 e. The van der Waals surface area contributed by atoms with Crippen molar-refractivity contribution in [2.45, 2.75) is 25.8 Å². The molecule has 2 heteroatoms. The fraction of sp³-hybridized carbons (Fsp3) is 0.368. The Morgan fingerprint density at radius 3 is 2.05 bits per heavy atom. The molecule has 2 nitrogen and oxygen atoms in total. The van der Waals surface area contributed by atoms with Gasteiger partial charge in [-0.3, -0.25) is 4.90 Å². The largest absolute Gasteiger partial charge is 0.330 e. The molecule has 0 bridgehead atoms. The van der Waals surface area contributed by atoms with Gasteiger partial charge in [0.15, 0.2) is 0 Å². The summed E-state index contributed by atoms with van der Waals surface area (Å²) in [4.78, 5) is 2.47. The molecule has 0 spiro atoms. The molecule has 0 radical (unpaired) electrons. The molecule has 0 amide bonds. The molecule has 0 aliphatic rings. The first-order chi connectivity index (χ1) is 10.2. The van der Waals surface area contributed by atoms with Crippen LogP contribution in [0.4, 0.5) is 0 Å². The fourth-order valence-corrected chi connectivity index (χ4v) is 2.73. The Morgan fingerprint density at radius 2 is 1.52 bits per heavy atom. The highest BCUT2D eigenvalue weighted by molar-refractivity contribution is 5.25. The van der Waals surface area contributed by atoms with Crippen molar-refractivity contribution in [3.63, 3.8) is 0 Å². The molecule has 0 aliphatic carbocycles. The molecule has 2 aromatic rings. The van der Waals surface area contributed by atoms with Gasteiger partial charge in [0, 0.05) is 25.0 Å². The molecule has 0 fully saturated rings. The zero-order chi connectivity index (χ0) is 15.1. The van der Waals surface area contributed by atoms with Gasteiger partial charge in [-0.1, -0.05) is 74.5 Å². The molecule has 1 atom stereocenters. The van der Waals surface area contributed by atoms with Crippen LogP contribution in [0.3, 0.4) is 0 Å². The molecule has 0 heterocycles. The topological polar surface area (TPSA) is 29.3 Å². The minimum atomic E-state index is -0.00789. The fourth-order valence-electron chi connectivity index (χ4n) is 2.73. The molecule has 0 aliphatic heterocycles. The second-order valence-electron chi connectivity index (χ2n) is 5.92. The maximum atomic E-state index is 6.11. The summed E-state index contributed by atoms with van der Waals surface area (Å²) in [6.45, 7) is 8.10. The number of nitrogens with two attached hydrogens (primary N) is 1. The van der Waals surface area contributed by atoms with Crippen LogP contribution in [0.25, 0.3) is 0 Å². The number of nitrogens with zero attached hydrogens (tertiary/aromatic N) is 1. The molecule has 2 aromatic carbocycles. The van der Waals surface area contributed by atoms with Crippen LogP contribution >= 0.6 is 0 Å². The third-order valence-corrected chi connectivity index (χ3v) is 4.19. The standard InChI is InChI=1S/C19H26N2/c1-3-21(14-17-10-6-4-7-11-17)16-19(2,15-20)18-12-8-5-9-13-18/h4-13H,3,14-16,20H2,1-2H3. The maximum absolute atomic E-state index is 6.11. The highest BCUT2D eigenvalue weighted by Crippen LogP contribution is 2.24. The zero-order valence-corrected chi connectivity index (χ0v) is 13.1. The molecule has 2 N–H and O–H groups in total. The lowest BCUT2D eigenvalue weighted by molar-refractivity contribution is 0.219. The van der Waals surface area contributed by atoms with Crippen LogP contribution in [0.2, 0.25) is 0 Å². The highest BCUT2D eigenvalue weighted by Gasteiger charge is 2.27. The van der Waals surface area contributed by atoms with Gasteiger partial charge >= 0.3 is 0 Å². The summed E-state index contributed by atoms with van der Waals surface area (Å²) in [7, 11) is 0. The van der Waals surface area contributed by atoms with Gasteiger partial charge in [0.2, 0.25) is 0 Å². The highest BCUT2D eigenvalue weighted by atomic mass is 15.1. The minimum absolute atomic E-state index is 0.00789. The van der Waals surface area contributed by atoms with Gasteiger partial charge < -0.3 is 5.73 Å². The molecule has 21 heavy (non-hydrogen) atoms. The number of benzene rings is 2. The van der Waals surface area contributed by atoms with E-state index in [9.17, 15) is 0 Å². The predicted molar refractivity (Wildman–Crippen MR) is 90.2 cm³/mol. The van der Waals surface area contributed by atoms with Gasteiger partial charge in [0.1, 0.15) is 0 Å². The van der Waals surface area contributed by atoms with Gasteiger partial charge in [0.05, 0.1) is 0 Å². The van der Waals surface area contributed by atoms with Crippen LogP contribution in [0.15, 0.2) is 60.7 Å². The average Bonchev–Trinajstić information content (AvgIpc) is 2.56. The first-order valence-corrected chi connectivity index (χ1v) is 7.70. The summed E-state index contributed by atoms with van der Waals surface area (Å²) in [5, 5.41) is 0. The lowest BCUT2D eigenvalue weighted by atomic mass is 9.82. The summed E-state index contributed by atoms with van der Waals surface area (Å²) < 4.78 is 0. The number of rotatable bonds is 7. The van der Waals surface area contributed by atoms with Crippen molar-refractivity contribution in [1.29, 1.82) is 0 Å². The molecule has 112 valence electrons. The van der Waals surface area contributed by atoms with E-state index in [1.165, 1.54) is 11.1 Å². The lowest BCUT2D eigenvalue weighted by Gasteiger charge is -2.35. The van der Waals surface area contributed by atoms with E-state index in [-0.39, 0.29) is 5.41 Å². The zero-order valence-electron chi connectivity index (χ0n) is 13.1. The van der Waals surface area contributed by atoms with Gasteiger partial charge in [-0.15, -0.1) is 0 Å². The van der Waals surface area contributed by atoms with Crippen LogP contribution in [-0.2, 0) is 12.0 Å². The second-order valence-corrected chi connectivity index (χ2v) is 5.92. The van der Waals surface area contributed by atoms with Crippen molar-refractivity contribution in [1.82, 2.24) is 4.90 Å². The van der Waals surface area contributed by atoms with E-state index in [0.717, 1.165) is 19.6 Å². The van der Waals surface area contributed by atoms with Crippen molar-refractivity contribution in [3.8, 4) is 0 Å². The van der Waals surface area contributed by atoms with Gasteiger partial charge in [-0.2, -0.15) is 0 Å². The molecule has 1 unspecified atom stereocenters. The van der Waals surface area contributed by atoms with Crippen molar-refractivity contribution in [2.24, 2.45) is 5.73 Å². The van der Waals surface area contributed by atoms with Gasteiger partial charge in [-0.25, -0.2) is 0 Å². The SMILES string of the molecule is CCN(Cc1ccccc1)CC(C)(CN)c1ccccc1. The Hall–Kier alpha value is -1.64.